The molecule has 2 atom stereocenters. The highest BCUT2D eigenvalue weighted by molar-refractivity contribution is 5.93. The van der Waals surface area contributed by atoms with E-state index in [1.807, 2.05) is 43.3 Å². The summed E-state index contributed by atoms with van der Waals surface area (Å²) in [6.45, 7) is 5.40. The quantitative estimate of drug-likeness (QED) is 0.473. The third-order valence-electron chi connectivity index (χ3n) is 5.04. The molecule has 0 aliphatic rings. The van der Waals surface area contributed by atoms with Crippen molar-refractivity contribution < 1.29 is 28.7 Å². The Kier molecular flexibility index (Phi) is 7.84. The Morgan fingerprint density at radius 1 is 1.09 bits per heavy atom. The number of amides is 1. The fourth-order valence-electron chi connectivity index (χ4n) is 3.45. The van der Waals surface area contributed by atoms with Crippen LogP contribution in [-0.2, 0) is 16.0 Å². The molecule has 0 saturated heterocycles. The Morgan fingerprint density at radius 3 is 2.45 bits per heavy atom. The minimum Gasteiger partial charge on any atom is -0.496 e. The highest BCUT2D eigenvalue weighted by Gasteiger charge is 2.23. The number of hydrogen-bond acceptors (Lipinski definition) is 6. The van der Waals surface area contributed by atoms with Gasteiger partial charge in [-0.1, -0.05) is 41.6 Å². The second-order valence-corrected chi connectivity index (χ2v) is 7.93. The number of carboxylic acids is 1. The smallest absolute Gasteiger partial charge is 0.333 e. The van der Waals surface area contributed by atoms with E-state index >= 15 is 0 Å². The summed E-state index contributed by atoms with van der Waals surface area (Å²) in [5.41, 5.74) is 2.45. The minimum atomic E-state index is -1.03. The zero-order valence-electron chi connectivity index (χ0n) is 19.1. The molecule has 0 saturated carbocycles. The van der Waals surface area contributed by atoms with Crippen LogP contribution in [0, 0.1) is 0 Å². The molecule has 1 heterocycles. The van der Waals surface area contributed by atoms with Gasteiger partial charge in [-0.3, -0.25) is 4.79 Å². The number of aromatic nitrogens is 1. The molecule has 33 heavy (non-hydrogen) atoms. The largest absolute Gasteiger partial charge is 0.496 e. The van der Waals surface area contributed by atoms with E-state index in [-0.39, 0.29) is 18.2 Å². The molecule has 0 fully saturated rings. The van der Waals surface area contributed by atoms with E-state index in [0.717, 1.165) is 11.1 Å². The van der Waals surface area contributed by atoms with Crippen LogP contribution in [0.4, 0.5) is 0 Å². The average Bonchev–Trinajstić information content (AvgIpc) is 3.29. The van der Waals surface area contributed by atoms with Gasteiger partial charge in [0, 0.05) is 23.6 Å². The molecule has 174 valence electrons. The van der Waals surface area contributed by atoms with Gasteiger partial charge in [0.15, 0.2) is 17.6 Å². The molecule has 1 aromatic heterocycles. The van der Waals surface area contributed by atoms with Gasteiger partial charge >= 0.3 is 5.97 Å². The summed E-state index contributed by atoms with van der Waals surface area (Å²) in [5.74, 6) is -0.346. The van der Waals surface area contributed by atoms with Crippen molar-refractivity contribution in [2.45, 2.75) is 45.4 Å². The summed E-state index contributed by atoms with van der Waals surface area (Å²) in [5, 5.41) is 16.3. The van der Waals surface area contributed by atoms with Crippen molar-refractivity contribution in [2.24, 2.45) is 0 Å². The summed E-state index contributed by atoms with van der Waals surface area (Å²) in [4.78, 5) is 24.3. The van der Waals surface area contributed by atoms with Gasteiger partial charge in [-0.2, -0.15) is 0 Å². The van der Waals surface area contributed by atoms with Crippen LogP contribution in [0.3, 0.4) is 0 Å². The predicted molar refractivity (Wildman–Crippen MR) is 122 cm³/mol. The fourth-order valence-corrected chi connectivity index (χ4v) is 3.45. The van der Waals surface area contributed by atoms with Gasteiger partial charge in [-0.25, -0.2) is 4.79 Å². The Bertz CT molecular complexity index is 1090. The normalized spacial score (nSPS) is 12.9. The lowest BCUT2D eigenvalue weighted by atomic mass is 10.00. The van der Waals surface area contributed by atoms with Gasteiger partial charge < -0.3 is 24.4 Å². The van der Waals surface area contributed by atoms with Gasteiger partial charge in [0.1, 0.15) is 5.75 Å². The number of carbonyl (C=O) groups excluding carboxylic acids is 1. The third-order valence-corrected chi connectivity index (χ3v) is 5.04. The Morgan fingerprint density at radius 2 is 1.82 bits per heavy atom. The van der Waals surface area contributed by atoms with Gasteiger partial charge in [-0.05, 0) is 38.5 Å². The monoisotopic (exact) mass is 452 g/mol. The highest BCUT2D eigenvalue weighted by Crippen LogP contribution is 2.28. The van der Waals surface area contributed by atoms with Crippen molar-refractivity contribution in [3.05, 3.63) is 71.4 Å². The Hall–Kier alpha value is -3.65. The molecule has 2 unspecified atom stereocenters. The van der Waals surface area contributed by atoms with Crippen molar-refractivity contribution in [1.29, 1.82) is 0 Å². The summed E-state index contributed by atoms with van der Waals surface area (Å²) in [6, 6.07) is 15.9. The SMILES string of the molecule is COc1ccc(CC(OC(C)C)C(=O)O)cc1C(C)NC(=O)c1cc(-c2ccccc2)on1. The lowest BCUT2D eigenvalue weighted by Crippen LogP contribution is -2.29. The molecule has 0 bridgehead atoms. The maximum atomic E-state index is 12.8. The molecule has 0 aliphatic carbocycles. The topological polar surface area (TPSA) is 111 Å². The zero-order valence-corrected chi connectivity index (χ0v) is 19.1. The Balaban J connectivity index is 1.76. The first-order chi connectivity index (χ1) is 15.8. The van der Waals surface area contributed by atoms with Gasteiger partial charge in [0.2, 0.25) is 0 Å². The second kappa shape index (κ2) is 10.8. The molecule has 0 spiro atoms. The summed E-state index contributed by atoms with van der Waals surface area (Å²) in [7, 11) is 1.54. The number of rotatable bonds is 10. The molecule has 2 N–H and O–H groups in total. The molecule has 3 rings (SSSR count). The van der Waals surface area contributed by atoms with Crippen molar-refractivity contribution in [3.8, 4) is 17.1 Å². The van der Waals surface area contributed by atoms with Crippen LogP contribution in [0.1, 0.15) is 48.4 Å². The standard InChI is InChI=1S/C25H28N2O6/c1-15(2)32-23(25(29)30)13-17-10-11-21(31-4)19(12-17)16(3)26-24(28)20-14-22(33-27-20)18-8-6-5-7-9-18/h5-12,14-16,23H,13H2,1-4H3,(H,26,28)(H,29,30). The van der Waals surface area contributed by atoms with Crippen LogP contribution in [0.25, 0.3) is 11.3 Å². The number of carboxylic acid groups (broad SMARTS) is 1. The van der Waals surface area contributed by atoms with E-state index in [0.29, 0.717) is 17.1 Å². The van der Waals surface area contributed by atoms with Crippen LogP contribution in [0.15, 0.2) is 59.1 Å². The average molecular weight is 453 g/mol. The first kappa shape index (κ1) is 24.0. The van der Waals surface area contributed by atoms with Crippen LogP contribution < -0.4 is 10.1 Å². The number of hydrogen-bond donors (Lipinski definition) is 2. The Labute approximate surface area is 192 Å². The number of aliphatic carboxylic acids is 1. The van der Waals surface area contributed by atoms with Crippen LogP contribution in [0.5, 0.6) is 5.75 Å². The number of methoxy groups -OCH3 is 1. The van der Waals surface area contributed by atoms with E-state index in [1.54, 1.807) is 39.2 Å². The molecular weight excluding hydrogens is 424 g/mol. The third kappa shape index (κ3) is 6.20. The number of carbonyl (C=O) groups is 2. The van der Waals surface area contributed by atoms with E-state index in [9.17, 15) is 14.7 Å². The molecule has 3 aromatic rings. The first-order valence-corrected chi connectivity index (χ1v) is 10.7. The van der Waals surface area contributed by atoms with E-state index in [4.69, 9.17) is 14.0 Å². The summed E-state index contributed by atoms with van der Waals surface area (Å²) < 4.78 is 16.3. The second-order valence-electron chi connectivity index (χ2n) is 7.93. The lowest BCUT2D eigenvalue weighted by molar-refractivity contribution is -0.153. The van der Waals surface area contributed by atoms with Crippen molar-refractivity contribution >= 4 is 11.9 Å². The molecule has 0 radical (unpaired) electrons. The minimum absolute atomic E-state index is 0.159. The number of benzene rings is 2. The lowest BCUT2D eigenvalue weighted by Gasteiger charge is -2.20. The molecular formula is C25H28N2O6. The predicted octanol–water partition coefficient (Wildman–Crippen LogP) is 4.26. The maximum Gasteiger partial charge on any atom is 0.333 e. The maximum absolute atomic E-state index is 12.8. The summed E-state index contributed by atoms with van der Waals surface area (Å²) in [6.07, 6.45) is -0.998. The fraction of sp³-hybridized carbons (Fsp3) is 0.320. The van der Waals surface area contributed by atoms with Crippen molar-refractivity contribution in [2.75, 3.05) is 7.11 Å². The molecule has 0 aliphatic heterocycles. The van der Waals surface area contributed by atoms with Gasteiger partial charge in [-0.15, -0.1) is 0 Å². The van der Waals surface area contributed by atoms with E-state index in [2.05, 4.69) is 10.5 Å². The first-order valence-electron chi connectivity index (χ1n) is 10.7. The number of nitrogens with zero attached hydrogens (tertiary/aromatic N) is 1. The molecule has 2 aromatic carbocycles. The van der Waals surface area contributed by atoms with E-state index < -0.39 is 24.0 Å². The van der Waals surface area contributed by atoms with Crippen molar-refractivity contribution in [3.63, 3.8) is 0 Å². The van der Waals surface area contributed by atoms with Crippen LogP contribution >= 0.6 is 0 Å². The number of ether oxygens (including phenoxy) is 2. The molecule has 8 heteroatoms. The molecule has 8 nitrogen and oxygen atoms in total. The van der Waals surface area contributed by atoms with Gasteiger partial charge in [0.25, 0.3) is 5.91 Å². The molecule has 1 amide bonds. The van der Waals surface area contributed by atoms with Crippen LogP contribution in [-0.4, -0.2) is 41.5 Å². The zero-order chi connectivity index (χ0) is 24.0. The van der Waals surface area contributed by atoms with E-state index in [1.165, 1.54) is 0 Å². The van der Waals surface area contributed by atoms with Crippen LogP contribution in [0.2, 0.25) is 0 Å². The highest BCUT2D eigenvalue weighted by atomic mass is 16.5. The summed E-state index contributed by atoms with van der Waals surface area (Å²) >= 11 is 0. The van der Waals surface area contributed by atoms with Gasteiger partial charge in [0.05, 0.1) is 19.3 Å². The number of nitrogens with one attached hydrogen (secondary N) is 1. The van der Waals surface area contributed by atoms with Crippen molar-refractivity contribution in [1.82, 2.24) is 10.5 Å².